The van der Waals surface area contributed by atoms with Crippen LogP contribution in [0.3, 0.4) is 0 Å². The van der Waals surface area contributed by atoms with E-state index in [1.54, 1.807) is 55.6 Å². The third-order valence-electron chi connectivity index (χ3n) is 3.55. The minimum Gasteiger partial charge on any atom is -0.497 e. The maximum absolute atomic E-state index is 12.4. The topological polar surface area (TPSA) is 73.9 Å². The van der Waals surface area contributed by atoms with Gasteiger partial charge in [-0.1, -0.05) is 13.0 Å². The van der Waals surface area contributed by atoms with Crippen molar-refractivity contribution in [1.29, 1.82) is 0 Å². The predicted molar refractivity (Wildman–Crippen MR) is 94.1 cm³/mol. The Balaban J connectivity index is 2.05. The molecule has 6 nitrogen and oxygen atoms in total. The zero-order valence-corrected chi connectivity index (χ0v) is 14.4. The van der Waals surface area contributed by atoms with Crippen molar-refractivity contribution in [3.05, 3.63) is 54.1 Å². The predicted octanol–water partition coefficient (Wildman–Crippen LogP) is 3.28. The molecule has 132 valence electrons. The zero-order chi connectivity index (χ0) is 18.2. The SMILES string of the molecule is CCC(Oc1ccc(OC)cc1)C(=O)Nc1cccc(C(=O)OC)c1. The second kappa shape index (κ2) is 8.73. The van der Waals surface area contributed by atoms with Crippen LogP contribution in [0.25, 0.3) is 0 Å². The van der Waals surface area contributed by atoms with E-state index in [0.717, 1.165) is 0 Å². The van der Waals surface area contributed by atoms with Gasteiger partial charge in [0.2, 0.25) is 0 Å². The number of hydrogen-bond donors (Lipinski definition) is 1. The van der Waals surface area contributed by atoms with Gasteiger partial charge in [-0.05, 0) is 48.9 Å². The van der Waals surface area contributed by atoms with Crippen molar-refractivity contribution >= 4 is 17.6 Å². The fourth-order valence-electron chi connectivity index (χ4n) is 2.21. The lowest BCUT2D eigenvalue weighted by Crippen LogP contribution is -2.32. The first kappa shape index (κ1) is 18.3. The molecule has 0 fully saturated rings. The molecule has 1 unspecified atom stereocenters. The van der Waals surface area contributed by atoms with Crippen molar-refractivity contribution in [2.45, 2.75) is 19.4 Å². The van der Waals surface area contributed by atoms with Gasteiger partial charge in [-0.25, -0.2) is 4.79 Å². The molecule has 25 heavy (non-hydrogen) atoms. The van der Waals surface area contributed by atoms with Crippen LogP contribution in [0.15, 0.2) is 48.5 Å². The van der Waals surface area contributed by atoms with E-state index < -0.39 is 12.1 Å². The molecule has 0 aromatic heterocycles. The van der Waals surface area contributed by atoms with Crippen LogP contribution in [0.2, 0.25) is 0 Å². The van der Waals surface area contributed by atoms with Crippen molar-refractivity contribution < 1.29 is 23.8 Å². The van der Waals surface area contributed by atoms with Crippen LogP contribution in [0.4, 0.5) is 5.69 Å². The lowest BCUT2D eigenvalue weighted by molar-refractivity contribution is -0.122. The van der Waals surface area contributed by atoms with Crippen molar-refractivity contribution in [1.82, 2.24) is 0 Å². The summed E-state index contributed by atoms with van der Waals surface area (Å²) >= 11 is 0. The number of esters is 1. The quantitative estimate of drug-likeness (QED) is 0.781. The fourth-order valence-corrected chi connectivity index (χ4v) is 2.21. The molecule has 2 aromatic carbocycles. The van der Waals surface area contributed by atoms with Gasteiger partial charge in [0.15, 0.2) is 6.10 Å². The van der Waals surface area contributed by atoms with E-state index in [1.165, 1.54) is 7.11 Å². The Labute approximate surface area is 146 Å². The molecule has 0 saturated carbocycles. The number of carbonyl (C=O) groups excluding carboxylic acids is 2. The summed E-state index contributed by atoms with van der Waals surface area (Å²) in [5.74, 6) is 0.536. The number of benzene rings is 2. The monoisotopic (exact) mass is 343 g/mol. The van der Waals surface area contributed by atoms with Gasteiger partial charge in [0.1, 0.15) is 11.5 Å². The first-order valence-corrected chi connectivity index (χ1v) is 7.87. The van der Waals surface area contributed by atoms with Crippen LogP contribution in [0.5, 0.6) is 11.5 Å². The number of nitrogens with one attached hydrogen (secondary N) is 1. The molecule has 0 saturated heterocycles. The van der Waals surface area contributed by atoms with Crippen LogP contribution in [-0.4, -0.2) is 32.2 Å². The normalized spacial score (nSPS) is 11.3. The highest BCUT2D eigenvalue weighted by atomic mass is 16.5. The molecular formula is C19H21NO5. The Kier molecular flexibility index (Phi) is 6.39. The highest BCUT2D eigenvalue weighted by Gasteiger charge is 2.19. The average Bonchev–Trinajstić information content (AvgIpc) is 2.66. The van der Waals surface area contributed by atoms with E-state index >= 15 is 0 Å². The Morgan fingerprint density at radius 2 is 1.72 bits per heavy atom. The summed E-state index contributed by atoms with van der Waals surface area (Å²) in [6.07, 6.45) is -0.163. The van der Waals surface area contributed by atoms with Crippen LogP contribution < -0.4 is 14.8 Å². The highest BCUT2D eigenvalue weighted by Crippen LogP contribution is 2.20. The van der Waals surface area contributed by atoms with E-state index in [2.05, 4.69) is 10.1 Å². The van der Waals surface area contributed by atoms with Gasteiger partial charge < -0.3 is 19.5 Å². The Morgan fingerprint density at radius 1 is 1.04 bits per heavy atom. The van der Waals surface area contributed by atoms with Crippen molar-refractivity contribution in [2.24, 2.45) is 0 Å². The van der Waals surface area contributed by atoms with Gasteiger partial charge >= 0.3 is 5.97 Å². The van der Waals surface area contributed by atoms with Crippen LogP contribution in [0, 0.1) is 0 Å². The second-order valence-electron chi connectivity index (χ2n) is 5.25. The molecule has 2 aromatic rings. The van der Waals surface area contributed by atoms with Gasteiger partial charge in [0, 0.05) is 5.69 Å². The van der Waals surface area contributed by atoms with E-state index in [-0.39, 0.29) is 5.91 Å². The van der Waals surface area contributed by atoms with Crippen LogP contribution in [0.1, 0.15) is 23.7 Å². The molecule has 1 N–H and O–H groups in total. The van der Waals surface area contributed by atoms with Gasteiger partial charge in [-0.3, -0.25) is 4.79 Å². The molecule has 2 rings (SSSR count). The molecule has 1 amide bonds. The number of carbonyl (C=O) groups is 2. The Bertz CT molecular complexity index is 727. The summed E-state index contributed by atoms with van der Waals surface area (Å²) in [6.45, 7) is 1.86. The molecule has 0 heterocycles. The summed E-state index contributed by atoms with van der Waals surface area (Å²) in [6, 6.07) is 13.6. The molecular weight excluding hydrogens is 322 g/mol. The minimum absolute atomic E-state index is 0.291. The smallest absolute Gasteiger partial charge is 0.337 e. The molecule has 0 spiro atoms. The molecule has 0 radical (unpaired) electrons. The third kappa shape index (κ3) is 4.97. The van der Waals surface area contributed by atoms with Crippen LogP contribution >= 0.6 is 0 Å². The molecule has 0 aliphatic carbocycles. The Hall–Kier alpha value is -3.02. The number of hydrogen-bond acceptors (Lipinski definition) is 5. The van der Waals surface area contributed by atoms with Crippen molar-refractivity contribution in [3.63, 3.8) is 0 Å². The summed E-state index contributed by atoms with van der Waals surface area (Å²) in [4.78, 5) is 24.0. The van der Waals surface area contributed by atoms with E-state index in [4.69, 9.17) is 9.47 Å². The first-order chi connectivity index (χ1) is 12.1. The number of rotatable bonds is 7. The van der Waals surface area contributed by atoms with E-state index in [1.807, 2.05) is 6.92 Å². The van der Waals surface area contributed by atoms with Crippen LogP contribution in [-0.2, 0) is 9.53 Å². The van der Waals surface area contributed by atoms with E-state index in [0.29, 0.717) is 29.2 Å². The largest absolute Gasteiger partial charge is 0.497 e. The molecule has 0 aliphatic heterocycles. The standard InChI is InChI=1S/C19H21NO5/c1-4-17(25-16-10-8-15(23-2)9-11-16)18(21)20-14-7-5-6-13(12-14)19(22)24-3/h5-12,17H,4H2,1-3H3,(H,20,21). The van der Waals surface area contributed by atoms with Gasteiger partial charge in [0.25, 0.3) is 5.91 Å². The first-order valence-electron chi connectivity index (χ1n) is 7.87. The lowest BCUT2D eigenvalue weighted by Gasteiger charge is -2.17. The number of ether oxygens (including phenoxy) is 3. The average molecular weight is 343 g/mol. The van der Waals surface area contributed by atoms with E-state index in [9.17, 15) is 9.59 Å². The molecule has 0 aliphatic rings. The fraction of sp³-hybridized carbons (Fsp3) is 0.263. The molecule has 6 heteroatoms. The number of amides is 1. The third-order valence-corrected chi connectivity index (χ3v) is 3.55. The summed E-state index contributed by atoms with van der Waals surface area (Å²) in [5.41, 5.74) is 0.870. The maximum Gasteiger partial charge on any atom is 0.337 e. The zero-order valence-electron chi connectivity index (χ0n) is 14.4. The van der Waals surface area contributed by atoms with Crippen molar-refractivity contribution in [3.8, 4) is 11.5 Å². The Morgan fingerprint density at radius 3 is 2.32 bits per heavy atom. The summed E-state index contributed by atoms with van der Waals surface area (Å²) in [7, 11) is 2.89. The minimum atomic E-state index is -0.657. The molecule has 1 atom stereocenters. The number of methoxy groups -OCH3 is 2. The van der Waals surface area contributed by atoms with Crippen molar-refractivity contribution in [2.75, 3.05) is 19.5 Å². The second-order valence-corrected chi connectivity index (χ2v) is 5.25. The lowest BCUT2D eigenvalue weighted by atomic mass is 10.2. The maximum atomic E-state index is 12.4. The van der Waals surface area contributed by atoms with Gasteiger partial charge in [0.05, 0.1) is 19.8 Å². The summed E-state index contributed by atoms with van der Waals surface area (Å²) < 4.78 is 15.5. The van der Waals surface area contributed by atoms with Gasteiger partial charge in [-0.15, -0.1) is 0 Å². The summed E-state index contributed by atoms with van der Waals surface area (Å²) in [5, 5.41) is 2.76. The number of anilines is 1. The molecule has 0 bridgehead atoms. The highest BCUT2D eigenvalue weighted by molar-refractivity contribution is 5.96. The van der Waals surface area contributed by atoms with Gasteiger partial charge in [-0.2, -0.15) is 0 Å².